The summed E-state index contributed by atoms with van der Waals surface area (Å²) >= 11 is 0. The van der Waals surface area contributed by atoms with E-state index in [1.165, 1.54) is 17.6 Å². The lowest BCUT2D eigenvalue weighted by atomic mass is 10.4. The molecular weight excluding hydrogens is 158 g/mol. The molecule has 0 saturated heterocycles. The van der Waals surface area contributed by atoms with Gasteiger partial charge in [-0.05, 0) is 17.6 Å². The van der Waals surface area contributed by atoms with Crippen LogP contribution in [-0.2, 0) is 0 Å². The molecule has 0 amide bonds. The zero-order chi connectivity index (χ0) is 7.23. The van der Waals surface area contributed by atoms with Crippen molar-refractivity contribution in [3.05, 3.63) is 30.3 Å². The van der Waals surface area contributed by atoms with Gasteiger partial charge in [0.1, 0.15) is 0 Å². The normalized spacial score (nSPS) is 10.9. The molecule has 10 heavy (non-hydrogen) atoms. The summed E-state index contributed by atoms with van der Waals surface area (Å²) in [6.07, 6.45) is 2.52. The molecule has 0 nitrogen and oxygen atoms in total. The quantitative estimate of drug-likeness (QED) is 0.607. The highest BCUT2D eigenvalue weighted by atomic mass is 31.1. The zero-order valence-corrected chi connectivity index (χ0v) is 8.03. The summed E-state index contributed by atoms with van der Waals surface area (Å²) in [7, 11) is 3.74. The molecule has 0 aliphatic heterocycles. The average molecular weight is 170 g/mol. The van der Waals surface area contributed by atoms with E-state index in [0.717, 1.165) is 8.58 Å². The van der Waals surface area contributed by atoms with Crippen molar-refractivity contribution >= 4 is 23.1 Å². The fourth-order valence-electron chi connectivity index (χ4n) is 0.773. The van der Waals surface area contributed by atoms with Gasteiger partial charge in [0.2, 0.25) is 0 Å². The van der Waals surface area contributed by atoms with Crippen molar-refractivity contribution in [2.45, 2.75) is 0 Å². The smallest absolute Gasteiger partial charge is 0.0271 e. The number of hydrogen-bond donors (Lipinski definition) is 0. The second kappa shape index (κ2) is 4.83. The molecule has 54 valence electrons. The van der Waals surface area contributed by atoms with Gasteiger partial charge in [0.05, 0.1) is 0 Å². The van der Waals surface area contributed by atoms with Gasteiger partial charge in [0.25, 0.3) is 0 Å². The molecule has 1 rings (SSSR count). The molecule has 1 aromatic rings. The Morgan fingerprint density at radius 2 is 1.90 bits per heavy atom. The minimum absolute atomic E-state index is 0.984. The standard InChI is InChI=1S/C8H12P2/c9-6-7-10-8-4-2-1-3-5-8/h1-5,10H,6-7,9H2. The molecule has 0 aliphatic carbocycles. The van der Waals surface area contributed by atoms with Crippen molar-refractivity contribution in [1.82, 2.24) is 0 Å². The maximum atomic E-state index is 2.76. The van der Waals surface area contributed by atoms with Gasteiger partial charge in [-0.3, -0.25) is 0 Å². The SMILES string of the molecule is PCCPc1ccccc1. The summed E-state index contributed by atoms with van der Waals surface area (Å²) in [6, 6.07) is 10.7. The first kappa shape index (κ1) is 8.18. The van der Waals surface area contributed by atoms with E-state index in [1.807, 2.05) is 0 Å². The molecule has 0 saturated carbocycles. The second-order valence-corrected chi connectivity index (χ2v) is 4.09. The van der Waals surface area contributed by atoms with Gasteiger partial charge in [0, 0.05) is 0 Å². The number of hydrogen-bond acceptors (Lipinski definition) is 0. The number of rotatable bonds is 3. The number of benzene rings is 1. The van der Waals surface area contributed by atoms with Gasteiger partial charge in [-0.15, -0.1) is 9.24 Å². The summed E-state index contributed by atoms with van der Waals surface area (Å²) in [5.74, 6) is 0. The minimum atomic E-state index is 0.984. The molecule has 0 bridgehead atoms. The van der Waals surface area contributed by atoms with Crippen LogP contribution in [-0.4, -0.2) is 12.3 Å². The van der Waals surface area contributed by atoms with Crippen molar-refractivity contribution in [2.24, 2.45) is 0 Å². The van der Waals surface area contributed by atoms with Crippen LogP contribution >= 0.6 is 17.8 Å². The maximum absolute atomic E-state index is 2.76. The molecule has 0 aromatic heterocycles. The first-order valence-electron chi connectivity index (χ1n) is 3.42. The van der Waals surface area contributed by atoms with E-state index in [9.17, 15) is 0 Å². The van der Waals surface area contributed by atoms with Crippen LogP contribution in [0.2, 0.25) is 0 Å². The molecule has 0 N–H and O–H groups in total. The molecule has 0 fully saturated rings. The van der Waals surface area contributed by atoms with Crippen LogP contribution in [0.3, 0.4) is 0 Å². The van der Waals surface area contributed by atoms with E-state index >= 15 is 0 Å². The Labute approximate surface area is 66.4 Å². The van der Waals surface area contributed by atoms with Crippen molar-refractivity contribution < 1.29 is 0 Å². The molecule has 0 radical (unpaired) electrons. The molecular formula is C8H12P2. The monoisotopic (exact) mass is 170 g/mol. The van der Waals surface area contributed by atoms with Crippen molar-refractivity contribution in [1.29, 1.82) is 0 Å². The van der Waals surface area contributed by atoms with Gasteiger partial charge in [0.15, 0.2) is 0 Å². The lowest BCUT2D eigenvalue weighted by Gasteiger charge is -1.96. The average Bonchev–Trinajstić information content (AvgIpc) is 2.03. The molecule has 2 atom stereocenters. The third-order valence-electron chi connectivity index (χ3n) is 1.25. The first-order valence-corrected chi connectivity index (χ1v) is 5.45. The molecule has 2 unspecified atom stereocenters. The van der Waals surface area contributed by atoms with Crippen LogP contribution in [0.4, 0.5) is 0 Å². The van der Waals surface area contributed by atoms with Crippen LogP contribution in [0.1, 0.15) is 0 Å². The largest absolute Gasteiger partial charge is 0.137 e. The summed E-state index contributed by atoms with van der Waals surface area (Å²) in [6.45, 7) is 0. The van der Waals surface area contributed by atoms with Crippen LogP contribution in [0.15, 0.2) is 30.3 Å². The van der Waals surface area contributed by atoms with E-state index in [1.54, 1.807) is 0 Å². The predicted octanol–water partition coefficient (Wildman–Crippen LogP) is 1.87. The Kier molecular flexibility index (Phi) is 3.95. The van der Waals surface area contributed by atoms with E-state index in [4.69, 9.17) is 0 Å². The first-order chi connectivity index (χ1) is 4.93. The Bertz CT molecular complexity index is 172. The van der Waals surface area contributed by atoms with Gasteiger partial charge < -0.3 is 0 Å². The Morgan fingerprint density at radius 1 is 1.20 bits per heavy atom. The lowest BCUT2D eigenvalue weighted by Crippen LogP contribution is -1.93. The van der Waals surface area contributed by atoms with Crippen LogP contribution in [0.5, 0.6) is 0 Å². The minimum Gasteiger partial charge on any atom is -0.137 e. The molecule has 2 heteroatoms. The van der Waals surface area contributed by atoms with Crippen LogP contribution < -0.4 is 5.30 Å². The Hall–Kier alpha value is 0.0800. The fraction of sp³-hybridized carbons (Fsp3) is 0.250. The summed E-state index contributed by atoms with van der Waals surface area (Å²) in [5.41, 5.74) is 0. The van der Waals surface area contributed by atoms with E-state index < -0.39 is 0 Å². The van der Waals surface area contributed by atoms with Crippen molar-refractivity contribution in [3.8, 4) is 0 Å². The van der Waals surface area contributed by atoms with Crippen LogP contribution in [0.25, 0.3) is 0 Å². The Balaban J connectivity index is 2.43. The van der Waals surface area contributed by atoms with Gasteiger partial charge in [-0.25, -0.2) is 0 Å². The fourth-order valence-corrected chi connectivity index (χ4v) is 2.07. The van der Waals surface area contributed by atoms with Gasteiger partial charge >= 0.3 is 0 Å². The Morgan fingerprint density at radius 3 is 2.50 bits per heavy atom. The molecule has 0 heterocycles. The third kappa shape index (κ3) is 2.78. The third-order valence-corrected chi connectivity index (χ3v) is 3.39. The predicted molar refractivity (Wildman–Crippen MR) is 53.8 cm³/mol. The second-order valence-electron chi connectivity index (χ2n) is 2.08. The highest BCUT2D eigenvalue weighted by Crippen LogP contribution is 2.09. The summed E-state index contributed by atoms with van der Waals surface area (Å²) in [5, 5.41) is 1.48. The topological polar surface area (TPSA) is 0 Å². The summed E-state index contributed by atoms with van der Waals surface area (Å²) < 4.78 is 0. The summed E-state index contributed by atoms with van der Waals surface area (Å²) in [4.78, 5) is 0. The van der Waals surface area contributed by atoms with Crippen LogP contribution in [0, 0.1) is 0 Å². The van der Waals surface area contributed by atoms with Gasteiger partial charge in [-0.1, -0.05) is 38.9 Å². The van der Waals surface area contributed by atoms with Crippen molar-refractivity contribution in [2.75, 3.05) is 12.3 Å². The lowest BCUT2D eigenvalue weighted by molar-refractivity contribution is 1.55. The highest BCUT2D eigenvalue weighted by Gasteiger charge is 1.86. The van der Waals surface area contributed by atoms with Crippen molar-refractivity contribution in [3.63, 3.8) is 0 Å². The van der Waals surface area contributed by atoms with E-state index in [0.29, 0.717) is 0 Å². The molecule has 0 aliphatic rings. The van der Waals surface area contributed by atoms with Gasteiger partial charge in [-0.2, -0.15) is 0 Å². The molecule has 1 aromatic carbocycles. The highest BCUT2D eigenvalue weighted by molar-refractivity contribution is 7.47. The van der Waals surface area contributed by atoms with E-state index in [2.05, 4.69) is 39.6 Å². The zero-order valence-electron chi connectivity index (χ0n) is 5.88. The molecule has 0 spiro atoms. The maximum Gasteiger partial charge on any atom is -0.0271 e. The van der Waals surface area contributed by atoms with E-state index in [-0.39, 0.29) is 0 Å².